The second-order valence-electron chi connectivity index (χ2n) is 4.15. The van der Waals surface area contributed by atoms with Crippen LogP contribution in [0, 0.1) is 0 Å². The minimum Gasteiger partial charge on any atom is -0.506 e. The predicted octanol–water partition coefficient (Wildman–Crippen LogP) is 1.55. The molecule has 98 valence electrons. The van der Waals surface area contributed by atoms with Crippen molar-refractivity contribution in [2.24, 2.45) is 0 Å². The number of hydrogen-bond acceptors (Lipinski definition) is 6. The zero-order valence-corrected chi connectivity index (χ0v) is 9.34. The first-order valence-corrected chi connectivity index (χ1v) is 5.25. The molecule has 1 aromatic heterocycles. The molecule has 1 heterocycles. The van der Waals surface area contributed by atoms with Crippen molar-refractivity contribution < 1.29 is 30.6 Å². The number of benzene rings is 2. The smallest absolute Gasteiger partial charge is 0.202 e. The highest BCUT2D eigenvalue weighted by Crippen LogP contribution is 2.48. The zero-order chi connectivity index (χ0) is 13.9. The number of aromatic amines is 1. The fourth-order valence-corrected chi connectivity index (χ4v) is 2.13. The summed E-state index contributed by atoms with van der Waals surface area (Å²) in [6, 6.07) is 2.03. The second-order valence-corrected chi connectivity index (χ2v) is 4.15. The Morgan fingerprint density at radius 1 is 0.632 bits per heavy atom. The van der Waals surface area contributed by atoms with Gasteiger partial charge in [0.05, 0.1) is 16.4 Å². The molecule has 7 N–H and O–H groups in total. The summed E-state index contributed by atoms with van der Waals surface area (Å²) in [7, 11) is 0. The molecule has 0 aliphatic heterocycles. The Morgan fingerprint density at radius 2 is 1.26 bits per heavy atom. The van der Waals surface area contributed by atoms with Gasteiger partial charge in [-0.15, -0.1) is 0 Å². The van der Waals surface area contributed by atoms with Gasteiger partial charge >= 0.3 is 0 Å². The van der Waals surface area contributed by atoms with E-state index < -0.39 is 28.7 Å². The van der Waals surface area contributed by atoms with Crippen LogP contribution in [0.1, 0.15) is 0 Å². The molecule has 0 aliphatic carbocycles. The molecular formula is C12H9NO6. The van der Waals surface area contributed by atoms with Crippen LogP contribution < -0.4 is 0 Å². The van der Waals surface area contributed by atoms with E-state index in [9.17, 15) is 30.6 Å². The maximum Gasteiger partial charge on any atom is 0.202 e. The van der Waals surface area contributed by atoms with Gasteiger partial charge in [-0.3, -0.25) is 0 Å². The van der Waals surface area contributed by atoms with Crippen LogP contribution in [0.15, 0.2) is 12.1 Å². The first-order valence-electron chi connectivity index (χ1n) is 5.25. The van der Waals surface area contributed by atoms with Gasteiger partial charge in [-0.05, 0) is 6.07 Å². The minimum absolute atomic E-state index is 0.0153. The number of aromatic nitrogens is 1. The number of hydrogen-bond donors (Lipinski definition) is 7. The van der Waals surface area contributed by atoms with Gasteiger partial charge in [-0.25, -0.2) is 0 Å². The monoisotopic (exact) mass is 263 g/mol. The van der Waals surface area contributed by atoms with Crippen molar-refractivity contribution in [1.29, 1.82) is 0 Å². The molecule has 0 amide bonds. The van der Waals surface area contributed by atoms with E-state index in [1.807, 2.05) is 0 Å². The van der Waals surface area contributed by atoms with Crippen molar-refractivity contribution in [3.8, 4) is 34.5 Å². The molecule has 0 atom stereocenters. The molecule has 0 saturated heterocycles. The highest BCUT2D eigenvalue weighted by Gasteiger charge is 2.21. The lowest BCUT2D eigenvalue weighted by molar-refractivity contribution is 0.371. The molecule has 0 bridgehead atoms. The van der Waals surface area contributed by atoms with E-state index in [2.05, 4.69) is 4.98 Å². The van der Waals surface area contributed by atoms with Crippen LogP contribution in [-0.2, 0) is 0 Å². The molecule has 2 aromatic carbocycles. The molecule has 0 unspecified atom stereocenters. The number of H-pyrrole nitrogens is 1. The van der Waals surface area contributed by atoms with Crippen molar-refractivity contribution in [1.82, 2.24) is 4.98 Å². The molecular weight excluding hydrogens is 254 g/mol. The van der Waals surface area contributed by atoms with Gasteiger partial charge in [-0.1, -0.05) is 0 Å². The molecule has 0 radical (unpaired) electrons. The van der Waals surface area contributed by atoms with Crippen LogP contribution in [0.5, 0.6) is 34.5 Å². The molecule has 19 heavy (non-hydrogen) atoms. The van der Waals surface area contributed by atoms with Crippen LogP contribution in [0.3, 0.4) is 0 Å². The molecule has 7 heteroatoms. The third kappa shape index (κ3) is 1.26. The van der Waals surface area contributed by atoms with Gasteiger partial charge < -0.3 is 35.6 Å². The molecule has 0 spiro atoms. The van der Waals surface area contributed by atoms with Crippen molar-refractivity contribution in [3.63, 3.8) is 0 Å². The molecule has 3 aromatic rings. The fourth-order valence-electron chi connectivity index (χ4n) is 2.13. The first kappa shape index (κ1) is 11.1. The molecule has 3 rings (SSSR count). The summed E-state index contributed by atoms with van der Waals surface area (Å²) in [5.74, 6) is -3.33. The summed E-state index contributed by atoms with van der Waals surface area (Å²) >= 11 is 0. The Morgan fingerprint density at radius 3 is 1.95 bits per heavy atom. The average Bonchev–Trinajstić information content (AvgIpc) is 2.73. The number of rotatable bonds is 0. The van der Waals surface area contributed by atoms with Gasteiger partial charge in [0.2, 0.25) is 5.75 Å². The van der Waals surface area contributed by atoms with Crippen LogP contribution in [0.2, 0.25) is 0 Å². The molecule has 0 saturated carbocycles. The predicted molar refractivity (Wildman–Crippen MR) is 65.8 cm³/mol. The van der Waals surface area contributed by atoms with Gasteiger partial charge in [0.25, 0.3) is 0 Å². The third-order valence-corrected chi connectivity index (χ3v) is 3.03. The Balaban J connectivity index is 2.66. The highest BCUT2D eigenvalue weighted by atomic mass is 16.3. The van der Waals surface area contributed by atoms with Gasteiger partial charge in [0.1, 0.15) is 5.75 Å². The van der Waals surface area contributed by atoms with Crippen molar-refractivity contribution in [2.75, 3.05) is 0 Å². The largest absolute Gasteiger partial charge is 0.506 e. The third-order valence-electron chi connectivity index (χ3n) is 3.03. The van der Waals surface area contributed by atoms with Crippen LogP contribution in [-0.4, -0.2) is 35.6 Å². The van der Waals surface area contributed by atoms with Crippen molar-refractivity contribution in [2.45, 2.75) is 0 Å². The van der Waals surface area contributed by atoms with E-state index in [4.69, 9.17) is 0 Å². The van der Waals surface area contributed by atoms with Crippen LogP contribution in [0.4, 0.5) is 0 Å². The SMILES string of the molecule is Oc1cc2c([nH]c3c(O)cc(O)c(O)c32)c(O)c1O. The second kappa shape index (κ2) is 3.29. The Hall–Kier alpha value is -2.96. The van der Waals surface area contributed by atoms with E-state index in [-0.39, 0.29) is 27.6 Å². The van der Waals surface area contributed by atoms with E-state index in [0.29, 0.717) is 0 Å². The van der Waals surface area contributed by atoms with E-state index in [1.54, 1.807) is 0 Å². The summed E-state index contributed by atoms with van der Waals surface area (Å²) in [4.78, 5) is 2.61. The zero-order valence-electron chi connectivity index (χ0n) is 9.34. The van der Waals surface area contributed by atoms with Crippen molar-refractivity contribution >= 4 is 21.8 Å². The molecule has 7 nitrogen and oxygen atoms in total. The van der Waals surface area contributed by atoms with E-state index in [0.717, 1.165) is 12.1 Å². The fraction of sp³-hybridized carbons (Fsp3) is 0. The van der Waals surface area contributed by atoms with Crippen LogP contribution >= 0.6 is 0 Å². The lowest BCUT2D eigenvalue weighted by atomic mass is 10.1. The summed E-state index contributed by atoms with van der Waals surface area (Å²) < 4.78 is 0. The lowest BCUT2D eigenvalue weighted by Gasteiger charge is -2.03. The Labute approximate surface area is 105 Å². The van der Waals surface area contributed by atoms with Crippen molar-refractivity contribution in [3.05, 3.63) is 12.1 Å². The highest BCUT2D eigenvalue weighted by molar-refractivity contribution is 6.15. The molecule has 0 aliphatic rings. The van der Waals surface area contributed by atoms with E-state index >= 15 is 0 Å². The quantitative estimate of drug-likeness (QED) is 0.243. The summed E-state index contributed by atoms with van der Waals surface area (Å²) in [6.07, 6.45) is 0. The standard InChI is InChI=1S/C12H9NO6/c14-4-2-6(16)10(17)7-3-1-5(15)11(18)12(19)8(3)13-9(4)7/h1-2,13-19H. The maximum absolute atomic E-state index is 9.81. The molecule has 0 fully saturated rings. The maximum atomic E-state index is 9.81. The van der Waals surface area contributed by atoms with Crippen LogP contribution in [0.25, 0.3) is 21.8 Å². The lowest BCUT2D eigenvalue weighted by Crippen LogP contribution is -1.75. The number of fused-ring (bicyclic) bond motifs is 3. The topological polar surface area (TPSA) is 137 Å². The van der Waals surface area contributed by atoms with Gasteiger partial charge in [0, 0.05) is 11.5 Å². The summed E-state index contributed by atoms with van der Waals surface area (Å²) in [5.41, 5.74) is 0.0760. The minimum atomic E-state index is -0.720. The number of nitrogens with one attached hydrogen (secondary N) is 1. The summed E-state index contributed by atoms with van der Waals surface area (Å²) in [5, 5.41) is 57.8. The van der Waals surface area contributed by atoms with E-state index in [1.165, 1.54) is 0 Å². The number of phenolic OH excluding ortho intramolecular Hbond substituents is 6. The first-order chi connectivity index (χ1) is 8.91. The Kier molecular flexibility index (Phi) is 1.93. The number of phenols is 6. The van der Waals surface area contributed by atoms with Gasteiger partial charge in [-0.2, -0.15) is 0 Å². The Bertz CT molecular complexity index is 836. The summed E-state index contributed by atoms with van der Waals surface area (Å²) in [6.45, 7) is 0. The normalized spacial score (nSPS) is 11.4. The average molecular weight is 263 g/mol. The van der Waals surface area contributed by atoms with Gasteiger partial charge in [0.15, 0.2) is 23.0 Å². The number of aromatic hydroxyl groups is 6.